The Kier molecular flexibility index (Phi) is 6.09. The Labute approximate surface area is 181 Å². The molecule has 1 aliphatic heterocycles. The van der Waals surface area contributed by atoms with Gasteiger partial charge in [0.05, 0.1) is 29.7 Å². The van der Waals surface area contributed by atoms with Gasteiger partial charge in [-0.05, 0) is 57.0 Å². The number of carbonyl (C=O) groups is 1. The van der Waals surface area contributed by atoms with E-state index in [1.54, 1.807) is 29.2 Å². The van der Waals surface area contributed by atoms with Crippen LogP contribution in [0, 0.1) is 0 Å². The molecule has 3 aromatic rings. The van der Waals surface area contributed by atoms with E-state index in [9.17, 15) is 9.59 Å². The van der Waals surface area contributed by atoms with Crippen LogP contribution in [0.5, 0.6) is 5.75 Å². The molecule has 0 unspecified atom stereocenters. The van der Waals surface area contributed by atoms with Gasteiger partial charge in [0.15, 0.2) is 5.43 Å². The lowest BCUT2D eigenvalue weighted by Crippen LogP contribution is -2.31. The molecule has 0 saturated carbocycles. The van der Waals surface area contributed by atoms with E-state index in [1.807, 2.05) is 45.0 Å². The first-order valence-electron chi connectivity index (χ1n) is 10.7. The second-order valence-corrected chi connectivity index (χ2v) is 7.85. The van der Waals surface area contributed by atoms with Gasteiger partial charge in [0, 0.05) is 13.2 Å². The number of rotatable bonds is 8. The Morgan fingerprint density at radius 1 is 1.10 bits per heavy atom. The number of fused-ring (bicyclic) bond motifs is 2. The molecule has 0 fully saturated rings. The van der Waals surface area contributed by atoms with Crippen molar-refractivity contribution < 1.29 is 18.7 Å². The molecule has 2 heterocycles. The van der Waals surface area contributed by atoms with Crippen LogP contribution in [0.1, 0.15) is 54.9 Å². The SMILES string of the molecule is CCOc1cccc([C@H]2c3c(oc4ccccc4c3=O)C(=O)N2CCCOC(C)C)c1. The number of amides is 1. The van der Waals surface area contributed by atoms with E-state index in [0.717, 1.165) is 5.56 Å². The molecule has 6 nitrogen and oxygen atoms in total. The van der Waals surface area contributed by atoms with Crippen molar-refractivity contribution in [1.29, 1.82) is 0 Å². The van der Waals surface area contributed by atoms with Crippen molar-refractivity contribution >= 4 is 16.9 Å². The fraction of sp³-hybridized carbons (Fsp3) is 0.360. The van der Waals surface area contributed by atoms with E-state index in [0.29, 0.717) is 48.5 Å². The standard InChI is InChI=1S/C25H27NO5/c1-4-29-18-10-7-9-17(15-18)22-21-23(27)19-11-5-6-12-20(19)31-24(21)25(28)26(22)13-8-14-30-16(2)3/h5-7,9-12,15-16,22H,4,8,13-14H2,1-3H3/t22-/m0/s1. The van der Waals surface area contributed by atoms with Crippen molar-refractivity contribution in [1.82, 2.24) is 4.90 Å². The van der Waals surface area contributed by atoms with Crippen LogP contribution in [0.3, 0.4) is 0 Å². The van der Waals surface area contributed by atoms with Crippen LogP contribution >= 0.6 is 0 Å². The summed E-state index contributed by atoms with van der Waals surface area (Å²) in [6, 6.07) is 14.1. The monoisotopic (exact) mass is 421 g/mol. The summed E-state index contributed by atoms with van der Waals surface area (Å²) < 4.78 is 17.3. The maximum atomic E-state index is 13.4. The fourth-order valence-corrected chi connectivity index (χ4v) is 4.04. The minimum absolute atomic E-state index is 0.124. The first-order chi connectivity index (χ1) is 15.0. The summed E-state index contributed by atoms with van der Waals surface area (Å²) >= 11 is 0. The van der Waals surface area contributed by atoms with Gasteiger partial charge in [-0.1, -0.05) is 24.3 Å². The quantitative estimate of drug-likeness (QED) is 0.499. The molecule has 162 valence electrons. The normalized spacial score (nSPS) is 15.7. The van der Waals surface area contributed by atoms with Crippen LogP contribution in [0.4, 0.5) is 0 Å². The zero-order chi connectivity index (χ0) is 22.0. The van der Waals surface area contributed by atoms with Crippen molar-refractivity contribution in [2.45, 2.75) is 39.3 Å². The highest BCUT2D eigenvalue weighted by Gasteiger charge is 2.42. The smallest absolute Gasteiger partial charge is 0.290 e. The highest BCUT2D eigenvalue weighted by Crippen LogP contribution is 2.39. The number of hydrogen-bond donors (Lipinski definition) is 0. The Balaban J connectivity index is 1.80. The lowest BCUT2D eigenvalue weighted by molar-refractivity contribution is 0.0593. The van der Waals surface area contributed by atoms with Crippen molar-refractivity contribution in [3.05, 3.63) is 75.6 Å². The maximum Gasteiger partial charge on any atom is 0.290 e. The van der Waals surface area contributed by atoms with Crippen LogP contribution in [0.2, 0.25) is 0 Å². The lowest BCUT2D eigenvalue weighted by Gasteiger charge is -2.25. The van der Waals surface area contributed by atoms with Crippen molar-refractivity contribution in [3.8, 4) is 5.75 Å². The van der Waals surface area contributed by atoms with E-state index in [4.69, 9.17) is 13.9 Å². The Morgan fingerprint density at radius 2 is 1.90 bits per heavy atom. The van der Waals surface area contributed by atoms with E-state index in [1.165, 1.54) is 0 Å². The van der Waals surface area contributed by atoms with E-state index in [2.05, 4.69) is 0 Å². The number of benzene rings is 2. The summed E-state index contributed by atoms with van der Waals surface area (Å²) in [4.78, 5) is 28.5. The number of carbonyl (C=O) groups excluding carboxylic acids is 1. The van der Waals surface area contributed by atoms with Gasteiger partial charge in [-0.15, -0.1) is 0 Å². The number of para-hydroxylation sites is 1. The molecule has 1 atom stereocenters. The first kappa shape index (κ1) is 21.1. The summed E-state index contributed by atoms with van der Waals surface area (Å²) in [6.45, 7) is 7.40. The van der Waals surface area contributed by atoms with E-state index in [-0.39, 0.29) is 23.2 Å². The molecule has 2 aromatic carbocycles. The molecule has 4 rings (SSSR count). The number of nitrogens with zero attached hydrogens (tertiary/aromatic N) is 1. The Bertz CT molecular complexity index is 1150. The fourth-order valence-electron chi connectivity index (χ4n) is 4.04. The average molecular weight is 421 g/mol. The molecule has 1 amide bonds. The zero-order valence-corrected chi connectivity index (χ0v) is 18.1. The molecule has 0 aliphatic carbocycles. The molecule has 0 saturated heterocycles. The second-order valence-electron chi connectivity index (χ2n) is 7.85. The first-order valence-corrected chi connectivity index (χ1v) is 10.7. The van der Waals surface area contributed by atoms with Gasteiger partial charge >= 0.3 is 0 Å². The number of hydrogen-bond acceptors (Lipinski definition) is 5. The second kappa shape index (κ2) is 8.94. The Hall–Kier alpha value is -3.12. The van der Waals surface area contributed by atoms with E-state index < -0.39 is 6.04 Å². The van der Waals surface area contributed by atoms with Gasteiger partial charge in [-0.25, -0.2) is 0 Å². The van der Waals surface area contributed by atoms with Crippen molar-refractivity contribution in [2.75, 3.05) is 19.8 Å². The topological polar surface area (TPSA) is 69.0 Å². The van der Waals surface area contributed by atoms with Crippen LogP contribution < -0.4 is 10.2 Å². The summed E-state index contributed by atoms with van der Waals surface area (Å²) in [7, 11) is 0. The van der Waals surface area contributed by atoms with Crippen LogP contribution in [0.15, 0.2) is 57.7 Å². The molecule has 1 aliphatic rings. The third-order valence-corrected chi connectivity index (χ3v) is 5.35. The third kappa shape index (κ3) is 4.08. The molecule has 1 aromatic heterocycles. The summed E-state index contributed by atoms with van der Waals surface area (Å²) in [5, 5.41) is 0.477. The highest BCUT2D eigenvalue weighted by atomic mass is 16.5. The third-order valence-electron chi connectivity index (χ3n) is 5.35. The van der Waals surface area contributed by atoms with Crippen LogP contribution in [0.25, 0.3) is 11.0 Å². The van der Waals surface area contributed by atoms with Gasteiger partial charge in [0.1, 0.15) is 11.3 Å². The lowest BCUT2D eigenvalue weighted by atomic mass is 9.98. The molecule has 31 heavy (non-hydrogen) atoms. The molecule has 0 N–H and O–H groups in total. The molecular formula is C25H27NO5. The zero-order valence-electron chi connectivity index (χ0n) is 18.1. The van der Waals surface area contributed by atoms with Gasteiger partial charge in [-0.3, -0.25) is 9.59 Å². The van der Waals surface area contributed by atoms with Gasteiger partial charge in [0.25, 0.3) is 5.91 Å². The van der Waals surface area contributed by atoms with Gasteiger partial charge in [0.2, 0.25) is 5.76 Å². The predicted octanol–water partition coefficient (Wildman–Crippen LogP) is 4.55. The number of ether oxygens (including phenoxy) is 2. The van der Waals surface area contributed by atoms with Crippen LogP contribution in [-0.4, -0.2) is 36.7 Å². The summed E-state index contributed by atoms with van der Waals surface area (Å²) in [5.74, 6) is 0.559. The summed E-state index contributed by atoms with van der Waals surface area (Å²) in [5.41, 5.74) is 1.47. The highest BCUT2D eigenvalue weighted by molar-refractivity contribution is 5.99. The maximum absolute atomic E-state index is 13.4. The Morgan fingerprint density at radius 3 is 2.68 bits per heavy atom. The molecule has 0 radical (unpaired) electrons. The van der Waals surface area contributed by atoms with E-state index >= 15 is 0 Å². The molecule has 6 heteroatoms. The van der Waals surface area contributed by atoms with Gasteiger partial charge in [-0.2, -0.15) is 0 Å². The van der Waals surface area contributed by atoms with Crippen molar-refractivity contribution in [2.24, 2.45) is 0 Å². The average Bonchev–Trinajstić information content (AvgIpc) is 3.04. The minimum atomic E-state index is -0.525. The van der Waals surface area contributed by atoms with Gasteiger partial charge < -0.3 is 18.8 Å². The largest absolute Gasteiger partial charge is 0.494 e. The van der Waals surface area contributed by atoms with Crippen molar-refractivity contribution in [3.63, 3.8) is 0 Å². The molecule has 0 spiro atoms. The molecular weight excluding hydrogens is 394 g/mol. The van der Waals surface area contributed by atoms with Crippen LogP contribution in [-0.2, 0) is 4.74 Å². The minimum Gasteiger partial charge on any atom is -0.494 e. The molecule has 0 bridgehead atoms. The predicted molar refractivity (Wildman–Crippen MR) is 119 cm³/mol. The summed E-state index contributed by atoms with van der Waals surface area (Å²) in [6.07, 6.45) is 0.784.